The minimum absolute atomic E-state index is 0.0282. The average molecular weight is 306 g/mol. The summed E-state index contributed by atoms with van der Waals surface area (Å²) in [7, 11) is 0. The Balaban J connectivity index is 1.54. The molecule has 120 valence electrons. The summed E-state index contributed by atoms with van der Waals surface area (Å²) in [6.07, 6.45) is 2.40. The van der Waals surface area contributed by atoms with Gasteiger partial charge in [0, 0.05) is 38.4 Å². The van der Waals surface area contributed by atoms with Gasteiger partial charge < -0.3 is 25.3 Å². The summed E-state index contributed by atoms with van der Waals surface area (Å²) in [6.45, 7) is 3.91. The summed E-state index contributed by atoms with van der Waals surface area (Å²) >= 11 is 0. The fourth-order valence-electron chi connectivity index (χ4n) is 3.02. The van der Waals surface area contributed by atoms with Crippen LogP contribution in [0, 0.1) is 5.92 Å². The molecule has 22 heavy (non-hydrogen) atoms. The molecule has 2 aliphatic heterocycles. The Morgan fingerprint density at radius 2 is 2.09 bits per heavy atom. The van der Waals surface area contributed by atoms with Crippen LogP contribution < -0.4 is 10.6 Å². The standard InChI is InChI=1S/C15H22N4O3/c20-14(13-2-1-3-17-13)18-12-8-11(9-16-10-12)15(21)19-4-6-22-7-5-19/h1-3,11-12,16-17H,4-10H2,(H,18,20)/t11-,12+/m1/s1. The lowest BCUT2D eigenvalue weighted by atomic mass is 9.94. The maximum atomic E-state index is 12.5. The second kappa shape index (κ2) is 6.93. The van der Waals surface area contributed by atoms with E-state index in [0.717, 1.165) is 0 Å². The van der Waals surface area contributed by atoms with E-state index < -0.39 is 0 Å². The van der Waals surface area contributed by atoms with Crippen LogP contribution in [0.25, 0.3) is 0 Å². The van der Waals surface area contributed by atoms with Gasteiger partial charge in [-0.2, -0.15) is 0 Å². The number of morpholine rings is 1. The van der Waals surface area contributed by atoms with Crippen molar-refractivity contribution in [1.82, 2.24) is 20.5 Å². The predicted molar refractivity (Wildman–Crippen MR) is 80.4 cm³/mol. The van der Waals surface area contributed by atoms with Gasteiger partial charge in [-0.05, 0) is 18.6 Å². The Kier molecular flexibility index (Phi) is 4.74. The number of rotatable bonds is 3. The number of nitrogens with zero attached hydrogens (tertiary/aromatic N) is 1. The van der Waals surface area contributed by atoms with E-state index in [1.165, 1.54) is 0 Å². The van der Waals surface area contributed by atoms with Crippen molar-refractivity contribution >= 4 is 11.8 Å². The van der Waals surface area contributed by atoms with Crippen LogP contribution >= 0.6 is 0 Å². The summed E-state index contributed by atoms with van der Waals surface area (Å²) in [4.78, 5) is 29.4. The molecule has 2 fully saturated rings. The highest BCUT2D eigenvalue weighted by Crippen LogP contribution is 2.15. The number of ether oxygens (including phenoxy) is 1. The Hall–Kier alpha value is -1.86. The lowest BCUT2D eigenvalue weighted by Gasteiger charge is -2.35. The van der Waals surface area contributed by atoms with Crippen molar-refractivity contribution in [3.63, 3.8) is 0 Å². The Morgan fingerprint density at radius 3 is 2.82 bits per heavy atom. The van der Waals surface area contributed by atoms with E-state index in [4.69, 9.17) is 4.74 Å². The molecule has 3 N–H and O–H groups in total. The normalized spacial score (nSPS) is 25.7. The van der Waals surface area contributed by atoms with Gasteiger partial charge in [0.1, 0.15) is 5.69 Å². The van der Waals surface area contributed by atoms with Crippen molar-refractivity contribution in [3.8, 4) is 0 Å². The third-order valence-corrected chi connectivity index (χ3v) is 4.20. The average Bonchev–Trinajstić information content (AvgIpc) is 3.10. The number of piperidine rings is 1. The SMILES string of the molecule is O=C(N[C@@H]1CNC[C@H](C(=O)N2CCOCC2)C1)c1ccc[nH]1. The van der Waals surface area contributed by atoms with Crippen LogP contribution in [0.5, 0.6) is 0 Å². The molecule has 0 unspecified atom stereocenters. The zero-order valence-electron chi connectivity index (χ0n) is 12.5. The molecule has 2 amide bonds. The van der Waals surface area contributed by atoms with Gasteiger partial charge in [-0.25, -0.2) is 0 Å². The van der Waals surface area contributed by atoms with Crippen LogP contribution in [-0.4, -0.2) is 67.1 Å². The molecule has 1 aromatic heterocycles. The first kappa shape index (κ1) is 15.1. The number of H-pyrrole nitrogens is 1. The zero-order chi connectivity index (χ0) is 15.4. The third-order valence-electron chi connectivity index (χ3n) is 4.20. The molecule has 0 radical (unpaired) electrons. The van der Waals surface area contributed by atoms with E-state index in [2.05, 4.69) is 15.6 Å². The Morgan fingerprint density at radius 1 is 1.27 bits per heavy atom. The highest BCUT2D eigenvalue weighted by molar-refractivity contribution is 5.92. The van der Waals surface area contributed by atoms with E-state index in [1.54, 1.807) is 18.3 Å². The lowest BCUT2D eigenvalue weighted by molar-refractivity contribution is -0.140. The van der Waals surface area contributed by atoms with Crippen molar-refractivity contribution in [2.24, 2.45) is 5.92 Å². The van der Waals surface area contributed by atoms with Crippen molar-refractivity contribution < 1.29 is 14.3 Å². The maximum Gasteiger partial charge on any atom is 0.267 e. The second-order valence-corrected chi connectivity index (χ2v) is 5.78. The lowest BCUT2D eigenvalue weighted by Crippen LogP contribution is -2.54. The molecule has 2 saturated heterocycles. The second-order valence-electron chi connectivity index (χ2n) is 5.78. The molecule has 0 aromatic carbocycles. The number of amides is 2. The molecule has 2 aliphatic rings. The van der Waals surface area contributed by atoms with Crippen LogP contribution in [0.3, 0.4) is 0 Å². The van der Waals surface area contributed by atoms with Crippen molar-refractivity contribution in [3.05, 3.63) is 24.0 Å². The molecule has 7 nitrogen and oxygen atoms in total. The smallest absolute Gasteiger partial charge is 0.267 e. The molecular formula is C15H22N4O3. The summed E-state index contributed by atoms with van der Waals surface area (Å²) < 4.78 is 5.28. The van der Waals surface area contributed by atoms with Gasteiger partial charge in [-0.1, -0.05) is 0 Å². The first-order valence-electron chi connectivity index (χ1n) is 7.75. The van der Waals surface area contributed by atoms with Crippen LogP contribution in [-0.2, 0) is 9.53 Å². The molecular weight excluding hydrogens is 284 g/mol. The van der Waals surface area contributed by atoms with Gasteiger partial charge in [0.25, 0.3) is 5.91 Å². The molecule has 0 aliphatic carbocycles. The van der Waals surface area contributed by atoms with Gasteiger partial charge >= 0.3 is 0 Å². The number of aromatic amines is 1. The monoisotopic (exact) mass is 306 g/mol. The molecule has 3 heterocycles. The molecule has 0 saturated carbocycles. The van der Waals surface area contributed by atoms with Gasteiger partial charge in [-0.3, -0.25) is 9.59 Å². The first-order valence-corrected chi connectivity index (χ1v) is 7.75. The van der Waals surface area contributed by atoms with E-state index >= 15 is 0 Å². The minimum atomic E-state index is -0.128. The number of carbonyl (C=O) groups excluding carboxylic acids is 2. The van der Waals surface area contributed by atoms with E-state index in [-0.39, 0.29) is 23.8 Å². The first-order chi connectivity index (χ1) is 10.7. The third kappa shape index (κ3) is 3.48. The van der Waals surface area contributed by atoms with Crippen LogP contribution in [0.1, 0.15) is 16.9 Å². The van der Waals surface area contributed by atoms with Crippen LogP contribution in [0.4, 0.5) is 0 Å². The summed E-state index contributed by atoms with van der Waals surface area (Å²) in [5.41, 5.74) is 0.543. The van der Waals surface area contributed by atoms with Gasteiger partial charge in [0.15, 0.2) is 0 Å². The highest BCUT2D eigenvalue weighted by atomic mass is 16.5. The Bertz CT molecular complexity index is 511. The topological polar surface area (TPSA) is 86.5 Å². The summed E-state index contributed by atoms with van der Waals surface area (Å²) in [5.74, 6) is -0.0494. The molecule has 0 bridgehead atoms. The number of hydrogen-bond acceptors (Lipinski definition) is 4. The van der Waals surface area contributed by atoms with Crippen LogP contribution in [0.2, 0.25) is 0 Å². The summed E-state index contributed by atoms with van der Waals surface area (Å²) in [6, 6.07) is 3.50. The van der Waals surface area contributed by atoms with E-state index in [9.17, 15) is 9.59 Å². The predicted octanol–water partition coefficient (Wildman–Crippen LogP) is -0.419. The number of aromatic nitrogens is 1. The fraction of sp³-hybridized carbons (Fsp3) is 0.600. The van der Waals surface area contributed by atoms with Gasteiger partial charge in [0.2, 0.25) is 5.91 Å². The number of carbonyl (C=O) groups is 2. The molecule has 7 heteroatoms. The van der Waals surface area contributed by atoms with Crippen LogP contribution in [0.15, 0.2) is 18.3 Å². The largest absolute Gasteiger partial charge is 0.378 e. The minimum Gasteiger partial charge on any atom is -0.378 e. The number of nitrogens with one attached hydrogen (secondary N) is 3. The van der Waals surface area contributed by atoms with E-state index in [1.807, 2.05) is 4.90 Å². The van der Waals surface area contributed by atoms with Gasteiger partial charge in [0.05, 0.1) is 19.1 Å². The molecule has 2 atom stereocenters. The molecule has 1 aromatic rings. The van der Waals surface area contributed by atoms with Gasteiger partial charge in [-0.15, -0.1) is 0 Å². The van der Waals surface area contributed by atoms with Crippen molar-refractivity contribution in [1.29, 1.82) is 0 Å². The number of hydrogen-bond donors (Lipinski definition) is 3. The van der Waals surface area contributed by atoms with Crippen molar-refractivity contribution in [2.75, 3.05) is 39.4 Å². The quantitative estimate of drug-likeness (QED) is 0.708. The Labute approximate surface area is 129 Å². The molecule has 0 spiro atoms. The maximum absolute atomic E-state index is 12.5. The highest BCUT2D eigenvalue weighted by Gasteiger charge is 2.31. The van der Waals surface area contributed by atoms with E-state index in [0.29, 0.717) is 51.5 Å². The summed E-state index contributed by atoms with van der Waals surface area (Å²) in [5, 5.41) is 6.23. The van der Waals surface area contributed by atoms with Crippen molar-refractivity contribution in [2.45, 2.75) is 12.5 Å². The molecule has 3 rings (SSSR count). The zero-order valence-corrected chi connectivity index (χ0v) is 12.5. The fourth-order valence-corrected chi connectivity index (χ4v) is 3.02.